The van der Waals surface area contributed by atoms with E-state index in [9.17, 15) is 9.59 Å². The number of esters is 1. The number of benzene rings is 2. The number of hydrogen-bond acceptors (Lipinski definition) is 5. The summed E-state index contributed by atoms with van der Waals surface area (Å²) in [7, 11) is 1.31. The van der Waals surface area contributed by atoms with Gasteiger partial charge < -0.3 is 15.4 Å². The first kappa shape index (κ1) is 18.4. The molecule has 136 valence electrons. The maximum Gasteiger partial charge on any atom is 0.337 e. The zero-order chi connectivity index (χ0) is 19.2. The molecule has 0 saturated carbocycles. The summed E-state index contributed by atoms with van der Waals surface area (Å²) in [6, 6.07) is 15.3. The molecule has 0 atom stereocenters. The molecule has 0 unspecified atom stereocenters. The third-order valence-corrected chi connectivity index (χ3v) is 3.91. The number of pyridine rings is 1. The van der Waals surface area contributed by atoms with Crippen molar-refractivity contribution >= 4 is 40.5 Å². The molecular weight excluding hydrogens is 366 g/mol. The Morgan fingerprint density at radius 3 is 2.41 bits per heavy atom. The number of rotatable bonds is 5. The minimum atomic E-state index is -0.433. The van der Waals surface area contributed by atoms with E-state index in [4.69, 9.17) is 11.6 Å². The normalized spacial score (nSPS) is 10.1. The van der Waals surface area contributed by atoms with E-state index in [0.29, 0.717) is 27.5 Å². The standard InChI is InChI=1S/C20H16ClN3O3/c1-27-20(26)13-5-7-16(8-6-13)24-19(25)14-9-18(12-22-11-14)23-17-4-2-3-15(21)10-17/h2-12,23H,1H3,(H,24,25). The number of amides is 1. The van der Waals surface area contributed by atoms with Gasteiger partial charge in [0.05, 0.1) is 30.1 Å². The van der Waals surface area contributed by atoms with E-state index >= 15 is 0 Å². The maximum atomic E-state index is 12.5. The van der Waals surface area contributed by atoms with Crippen molar-refractivity contribution in [2.45, 2.75) is 0 Å². The molecule has 0 radical (unpaired) electrons. The molecule has 1 aromatic heterocycles. The molecule has 0 spiro atoms. The number of nitrogens with one attached hydrogen (secondary N) is 2. The third kappa shape index (κ3) is 4.83. The Bertz CT molecular complexity index is 974. The number of hydrogen-bond donors (Lipinski definition) is 2. The molecule has 0 saturated heterocycles. The quantitative estimate of drug-likeness (QED) is 0.635. The molecule has 6 nitrogen and oxygen atoms in total. The predicted molar refractivity (Wildman–Crippen MR) is 105 cm³/mol. The fourth-order valence-electron chi connectivity index (χ4n) is 2.38. The van der Waals surface area contributed by atoms with Crippen molar-refractivity contribution < 1.29 is 14.3 Å². The van der Waals surface area contributed by atoms with E-state index in [1.807, 2.05) is 12.1 Å². The number of halogens is 1. The van der Waals surface area contributed by atoms with E-state index in [-0.39, 0.29) is 5.91 Å². The first-order valence-corrected chi connectivity index (χ1v) is 8.40. The first-order valence-electron chi connectivity index (χ1n) is 8.02. The Balaban J connectivity index is 1.70. The monoisotopic (exact) mass is 381 g/mol. The molecule has 0 fully saturated rings. The summed E-state index contributed by atoms with van der Waals surface area (Å²) in [5, 5.41) is 6.52. The highest BCUT2D eigenvalue weighted by atomic mass is 35.5. The summed E-state index contributed by atoms with van der Waals surface area (Å²) < 4.78 is 4.65. The van der Waals surface area contributed by atoms with Crippen molar-refractivity contribution in [3.8, 4) is 0 Å². The van der Waals surface area contributed by atoms with Gasteiger partial charge in [-0.15, -0.1) is 0 Å². The Kier molecular flexibility index (Phi) is 5.68. The number of methoxy groups -OCH3 is 1. The summed E-state index contributed by atoms with van der Waals surface area (Å²) in [6.45, 7) is 0. The average Bonchev–Trinajstić information content (AvgIpc) is 2.68. The van der Waals surface area contributed by atoms with Crippen LogP contribution in [0.25, 0.3) is 0 Å². The molecule has 0 aliphatic rings. The number of aromatic nitrogens is 1. The van der Waals surface area contributed by atoms with E-state index < -0.39 is 5.97 Å². The molecule has 2 N–H and O–H groups in total. The number of nitrogens with zero attached hydrogens (tertiary/aromatic N) is 1. The van der Waals surface area contributed by atoms with Gasteiger partial charge in [0.25, 0.3) is 5.91 Å². The molecule has 3 aromatic rings. The lowest BCUT2D eigenvalue weighted by molar-refractivity contribution is 0.0600. The lowest BCUT2D eigenvalue weighted by Crippen LogP contribution is -2.12. The van der Waals surface area contributed by atoms with Crippen molar-refractivity contribution in [3.05, 3.63) is 83.1 Å². The Hall–Kier alpha value is -3.38. The van der Waals surface area contributed by atoms with Gasteiger partial charge >= 0.3 is 5.97 Å². The van der Waals surface area contributed by atoms with Crippen molar-refractivity contribution in [1.82, 2.24) is 4.98 Å². The van der Waals surface area contributed by atoms with Crippen LogP contribution in [0.15, 0.2) is 67.0 Å². The summed E-state index contributed by atoms with van der Waals surface area (Å²) in [6.07, 6.45) is 3.09. The van der Waals surface area contributed by atoms with E-state index in [1.165, 1.54) is 13.3 Å². The second-order valence-electron chi connectivity index (χ2n) is 5.62. The summed E-state index contributed by atoms with van der Waals surface area (Å²) in [5.74, 6) is -0.750. The largest absolute Gasteiger partial charge is 0.465 e. The van der Waals surface area contributed by atoms with Gasteiger partial charge in [-0.1, -0.05) is 17.7 Å². The van der Waals surface area contributed by atoms with Gasteiger partial charge in [0, 0.05) is 22.6 Å². The highest BCUT2D eigenvalue weighted by Crippen LogP contribution is 2.20. The van der Waals surface area contributed by atoms with E-state index in [1.54, 1.807) is 48.7 Å². The van der Waals surface area contributed by atoms with Crippen molar-refractivity contribution in [1.29, 1.82) is 0 Å². The van der Waals surface area contributed by atoms with Crippen LogP contribution in [0.5, 0.6) is 0 Å². The summed E-state index contributed by atoms with van der Waals surface area (Å²) in [5.41, 5.74) is 2.80. The molecule has 0 bridgehead atoms. The van der Waals surface area contributed by atoms with Crippen LogP contribution in [-0.2, 0) is 4.74 Å². The maximum absolute atomic E-state index is 12.5. The smallest absolute Gasteiger partial charge is 0.337 e. The van der Waals surface area contributed by atoms with E-state index in [0.717, 1.165) is 5.69 Å². The number of anilines is 3. The zero-order valence-electron chi connectivity index (χ0n) is 14.4. The molecular formula is C20H16ClN3O3. The first-order chi connectivity index (χ1) is 13.0. The second kappa shape index (κ2) is 8.33. The highest BCUT2D eigenvalue weighted by molar-refractivity contribution is 6.30. The average molecular weight is 382 g/mol. The molecule has 0 aliphatic carbocycles. The van der Waals surface area contributed by atoms with Gasteiger partial charge in [-0.25, -0.2) is 4.79 Å². The van der Waals surface area contributed by atoms with Crippen LogP contribution in [0.3, 0.4) is 0 Å². The predicted octanol–water partition coefficient (Wildman–Crippen LogP) is 4.52. The van der Waals surface area contributed by atoms with Crippen LogP contribution in [-0.4, -0.2) is 24.0 Å². The van der Waals surface area contributed by atoms with Crippen LogP contribution in [0, 0.1) is 0 Å². The van der Waals surface area contributed by atoms with E-state index in [2.05, 4.69) is 20.4 Å². The van der Waals surface area contributed by atoms with Gasteiger partial charge in [0.2, 0.25) is 0 Å². The lowest BCUT2D eigenvalue weighted by atomic mass is 10.2. The third-order valence-electron chi connectivity index (χ3n) is 3.68. The van der Waals surface area contributed by atoms with Gasteiger partial charge in [-0.2, -0.15) is 0 Å². The van der Waals surface area contributed by atoms with Crippen molar-refractivity contribution in [2.24, 2.45) is 0 Å². The fourth-order valence-corrected chi connectivity index (χ4v) is 2.57. The Morgan fingerprint density at radius 2 is 1.70 bits per heavy atom. The van der Waals surface area contributed by atoms with Crippen LogP contribution in [0.1, 0.15) is 20.7 Å². The Labute approximate surface area is 161 Å². The van der Waals surface area contributed by atoms with Gasteiger partial charge in [-0.05, 0) is 48.5 Å². The van der Waals surface area contributed by atoms with Crippen LogP contribution < -0.4 is 10.6 Å². The van der Waals surface area contributed by atoms with Crippen LogP contribution in [0.4, 0.5) is 17.1 Å². The van der Waals surface area contributed by atoms with Crippen molar-refractivity contribution in [3.63, 3.8) is 0 Å². The molecule has 3 rings (SSSR count). The molecule has 27 heavy (non-hydrogen) atoms. The highest BCUT2D eigenvalue weighted by Gasteiger charge is 2.09. The van der Waals surface area contributed by atoms with Gasteiger partial charge in [0.15, 0.2) is 0 Å². The minimum Gasteiger partial charge on any atom is -0.465 e. The van der Waals surface area contributed by atoms with Gasteiger partial charge in [0.1, 0.15) is 0 Å². The Morgan fingerprint density at radius 1 is 0.926 bits per heavy atom. The number of ether oxygens (including phenoxy) is 1. The molecule has 1 heterocycles. The number of carbonyl (C=O) groups is 2. The molecule has 2 aromatic carbocycles. The summed E-state index contributed by atoms with van der Waals surface area (Å²) >= 11 is 5.97. The topological polar surface area (TPSA) is 80.3 Å². The van der Waals surface area contributed by atoms with Crippen LogP contribution in [0.2, 0.25) is 5.02 Å². The zero-order valence-corrected chi connectivity index (χ0v) is 15.2. The number of carbonyl (C=O) groups excluding carboxylic acids is 2. The van der Waals surface area contributed by atoms with Gasteiger partial charge in [-0.3, -0.25) is 9.78 Å². The van der Waals surface area contributed by atoms with Crippen molar-refractivity contribution in [2.75, 3.05) is 17.7 Å². The van der Waals surface area contributed by atoms with Crippen LogP contribution >= 0.6 is 11.6 Å². The fraction of sp³-hybridized carbons (Fsp3) is 0.0500. The second-order valence-corrected chi connectivity index (χ2v) is 6.06. The lowest BCUT2D eigenvalue weighted by Gasteiger charge is -2.09. The summed E-state index contributed by atoms with van der Waals surface area (Å²) in [4.78, 5) is 28.0. The minimum absolute atomic E-state index is 0.317. The molecule has 0 aliphatic heterocycles. The molecule has 7 heteroatoms. The molecule has 1 amide bonds. The SMILES string of the molecule is COC(=O)c1ccc(NC(=O)c2cncc(Nc3cccc(Cl)c3)c2)cc1.